The summed E-state index contributed by atoms with van der Waals surface area (Å²) in [5, 5.41) is 2.23. The van der Waals surface area contributed by atoms with E-state index >= 15 is 0 Å². The highest BCUT2D eigenvalue weighted by Gasteiger charge is 2.51. The van der Waals surface area contributed by atoms with Crippen molar-refractivity contribution in [1.29, 1.82) is 0 Å². The average Bonchev–Trinajstić information content (AvgIpc) is 3.83. The molecule has 1 aromatic heterocycles. The molecule has 0 amide bonds. The monoisotopic (exact) mass is 649 g/mol. The van der Waals surface area contributed by atoms with Gasteiger partial charge in [0, 0.05) is 22.0 Å². The van der Waals surface area contributed by atoms with Gasteiger partial charge < -0.3 is 9.32 Å². The molecule has 0 bridgehead atoms. The fourth-order valence-corrected chi connectivity index (χ4v) is 9.07. The van der Waals surface area contributed by atoms with Gasteiger partial charge in [0.25, 0.3) is 0 Å². The van der Waals surface area contributed by atoms with E-state index in [0.717, 1.165) is 44.6 Å². The Kier molecular flexibility index (Phi) is 5.91. The van der Waals surface area contributed by atoms with Gasteiger partial charge in [-0.25, -0.2) is 0 Å². The van der Waals surface area contributed by atoms with Crippen molar-refractivity contribution in [3.05, 3.63) is 210 Å². The summed E-state index contributed by atoms with van der Waals surface area (Å²) in [6.45, 7) is 0. The van der Waals surface area contributed by atoms with Crippen LogP contribution in [0.15, 0.2) is 192 Å². The van der Waals surface area contributed by atoms with Crippen molar-refractivity contribution in [3.8, 4) is 33.4 Å². The Morgan fingerprint density at radius 3 is 1.63 bits per heavy atom. The van der Waals surface area contributed by atoms with Gasteiger partial charge in [-0.15, -0.1) is 0 Å². The third kappa shape index (κ3) is 3.82. The summed E-state index contributed by atoms with van der Waals surface area (Å²) in [7, 11) is 0. The summed E-state index contributed by atoms with van der Waals surface area (Å²) in [6.07, 6.45) is 0. The topological polar surface area (TPSA) is 16.4 Å². The van der Waals surface area contributed by atoms with E-state index in [4.69, 9.17) is 4.42 Å². The maximum atomic E-state index is 6.71. The molecular weight excluding hydrogens is 619 g/mol. The molecular formula is C49H31NO. The Bertz CT molecular complexity index is 2780. The van der Waals surface area contributed by atoms with E-state index < -0.39 is 0 Å². The zero-order valence-corrected chi connectivity index (χ0v) is 27.8. The minimum atomic E-state index is -0.386. The molecule has 9 aromatic rings. The number of hydrogen-bond donors (Lipinski definition) is 0. The molecule has 2 aliphatic rings. The van der Waals surface area contributed by atoms with E-state index in [1.54, 1.807) is 0 Å². The first-order chi connectivity index (χ1) is 25.3. The highest BCUT2D eigenvalue weighted by Crippen LogP contribution is 2.63. The molecule has 0 saturated carbocycles. The minimum absolute atomic E-state index is 0.386. The summed E-state index contributed by atoms with van der Waals surface area (Å²) in [5.41, 5.74) is 17.4. The predicted molar refractivity (Wildman–Crippen MR) is 210 cm³/mol. The maximum Gasteiger partial charge on any atom is 0.159 e. The van der Waals surface area contributed by atoms with Crippen LogP contribution in [0.4, 0.5) is 17.1 Å². The van der Waals surface area contributed by atoms with Gasteiger partial charge in [0.15, 0.2) is 5.58 Å². The lowest BCUT2D eigenvalue weighted by Gasteiger charge is -2.31. The van der Waals surface area contributed by atoms with Gasteiger partial charge in [0.2, 0.25) is 0 Å². The molecule has 0 atom stereocenters. The average molecular weight is 650 g/mol. The fraction of sp³-hybridized carbons (Fsp3) is 0.0204. The van der Waals surface area contributed by atoms with Gasteiger partial charge in [-0.3, -0.25) is 0 Å². The van der Waals surface area contributed by atoms with Crippen LogP contribution < -0.4 is 4.90 Å². The Hall–Kier alpha value is -6.64. The standard InChI is InChI=1S/C49H31NO/c1-2-15-32(16-3-1)34-17-7-12-26-45(34)50(46-27-14-22-39-38-21-8-13-28-47(38)51-48(39)46)33-29-30-44-40(31-33)37-20-6-11-25-43(37)49(44)41-23-9-4-18-35(41)36-19-5-10-24-42(36)49/h1-31H. The molecule has 1 spiro atoms. The number of furan rings is 1. The van der Waals surface area contributed by atoms with Gasteiger partial charge in [-0.2, -0.15) is 0 Å². The normalized spacial score (nSPS) is 13.3. The first kappa shape index (κ1) is 28.2. The molecule has 11 rings (SSSR count). The molecule has 2 heteroatoms. The van der Waals surface area contributed by atoms with E-state index in [1.807, 2.05) is 6.07 Å². The number of para-hydroxylation sites is 3. The first-order valence-corrected chi connectivity index (χ1v) is 17.6. The summed E-state index contributed by atoms with van der Waals surface area (Å²) in [4.78, 5) is 2.40. The fourth-order valence-electron chi connectivity index (χ4n) is 9.07. The third-order valence-electron chi connectivity index (χ3n) is 11.1. The number of anilines is 3. The number of benzene rings is 8. The summed E-state index contributed by atoms with van der Waals surface area (Å²) >= 11 is 0. The maximum absolute atomic E-state index is 6.71. The Morgan fingerprint density at radius 1 is 0.373 bits per heavy atom. The van der Waals surface area contributed by atoms with Gasteiger partial charge in [0.05, 0.1) is 16.8 Å². The number of fused-ring (bicyclic) bond motifs is 13. The summed E-state index contributed by atoms with van der Waals surface area (Å²) in [6, 6.07) is 68.3. The molecule has 0 saturated heterocycles. The summed E-state index contributed by atoms with van der Waals surface area (Å²) < 4.78 is 6.71. The second-order valence-corrected chi connectivity index (χ2v) is 13.6. The molecule has 0 radical (unpaired) electrons. The van der Waals surface area contributed by atoms with Gasteiger partial charge in [-0.1, -0.05) is 158 Å². The lowest BCUT2D eigenvalue weighted by atomic mass is 9.70. The van der Waals surface area contributed by atoms with Crippen molar-refractivity contribution in [2.45, 2.75) is 5.41 Å². The first-order valence-electron chi connectivity index (χ1n) is 17.6. The van der Waals surface area contributed by atoms with E-state index in [0.29, 0.717) is 0 Å². The molecule has 0 N–H and O–H groups in total. The van der Waals surface area contributed by atoms with Crippen LogP contribution in [0.3, 0.4) is 0 Å². The largest absolute Gasteiger partial charge is 0.454 e. The molecule has 0 aliphatic heterocycles. The van der Waals surface area contributed by atoms with Crippen molar-refractivity contribution >= 4 is 39.0 Å². The van der Waals surface area contributed by atoms with Gasteiger partial charge in [-0.05, 0) is 80.4 Å². The van der Waals surface area contributed by atoms with Crippen molar-refractivity contribution < 1.29 is 4.42 Å². The van der Waals surface area contributed by atoms with E-state index in [-0.39, 0.29) is 5.41 Å². The molecule has 0 unspecified atom stereocenters. The second-order valence-electron chi connectivity index (χ2n) is 13.6. The molecule has 1 heterocycles. The Morgan fingerprint density at radius 2 is 0.902 bits per heavy atom. The van der Waals surface area contributed by atoms with Crippen LogP contribution in [0.2, 0.25) is 0 Å². The van der Waals surface area contributed by atoms with Crippen LogP contribution >= 0.6 is 0 Å². The number of rotatable bonds is 4. The van der Waals surface area contributed by atoms with Crippen molar-refractivity contribution in [2.24, 2.45) is 0 Å². The van der Waals surface area contributed by atoms with Crippen LogP contribution in [0.5, 0.6) is 0 Å². The highest BCUT2D eigenvalue weighted by atomic mass is 16.3. The molecule has 2 aliphatic carbocycles. The van der Waals surface area contributed by atoms with E-state index in [1.165, 1.54) is 50.1 Å². The molecule has 8 aromatic carbocycles. The second kappa shape index (κ2) is 10.7. The van der Waals surface area contributed by atoms with Crippen molar-refractivity contribution in [3.63, 3.8) is 0 Å². The van der Waals surface area contributed by atoms with E-state index in [2.05, 4.69) is 187 Å². The van der Waals surface area contributed by atoms with Gasteiger partial charge in [0.1, 0.15) is 5.58 Å². The molecule has 0 fully saturated rings. The number of hydrogen-bond acceptors (Lipinski definition) is 2. The van der Waals surface area contributed by atoms with Crippen LogP contribution in [0.25, 0.3) is 55.3 Å². The SMILES string of the molecule is c1ccc(-c2ccccc2N(c2ccc3c(c2)-c2ccccc2C32c3ccccc3-c3ccccc32)c2cccc3c2oc2ccccc23)cc1. The number of nitrogens with zero attached hydrogens (tertiary/aromatic N) is 1. The smallest absolute Gasteiger partial charge is 0.159 e. The zero-order chi connectivity index (χ0) is 33.5. The molecule has 51 heavy (non-hydrogen) atoms. The minimum Gasteiger partial charge on any atom is -0.454 e. The highest BCUT2D eigenvalue weighted by molar-refractivity contribution is 6.11. The quantitative estimate of drug-likeness (QED) is 0.189. The molecule has 2 nitrogen and oxygen atoms in total. The Balaban J connectivity index is 1.21. The third-order valence-corrected chi connectivity index (χ3v) is 11.1. The Labute approximate surface area is 296 Å². The van der Waals surface area contributed by atoms with Crippen LogP contribution in [-0.2, 0) is 5.41 Å². The van der Waals surface area contributed by atoms with E-state index in [9.17, 15) is 0 Å². The lowest BCUT2D eigenvalue weighted by Crippen LogP contribution is -2.25. The van der Waals surface area contributed by atoms with Crippen molar-refractivity contribution in [2.75, 3.05) is 4.90 Å². The van der Waals surface area contributed by atoms with Crippen LogP contribution in [-0.4, -0.2) is 0 Å². The summed E-state index contributed by atoms with van der Waals surface area (Å²) in [5.74, 6) is 0. The van der Waals surface area contributed by atoms with Gasteiger partial charge >= 0.3 is 0 Å². The van der Waals surface area contributed by atoms with Crippen molar-refractivity contribution in [1.82, 2.24) is 0 Å². The van der Waals surface area contributed by atoms with Crippen LogP contribution in [0, 0.1) is 0 Å². The zero-order valence-electron chi connectivity index (χ0n) is 27.8. The molecule has 238 valence electrons. The van der Waals surface area contributed by atoms with Crippen LogP contribution in [0.1, 0.15) is 22.3 Å². The predicted octanol–water partition coefficient (Wildman–Crippen LogP) is 13.1. The lowest BCUT2D eigenvalue weighted by molar-refractivity contribution is 0.669.